The molecule has 0 aliphatic carbocycles. The van der Waals surface area contributed by atoms with E-state index in [0.717, 1.165) is 5.56 Å². The molecule has 19 heavy (non-hydrogen) atoms. The summed E-state index contributed by atoms with van der Waals surface area (Å²) >= 11 is 0. The zero-order valence-corrected chi connectivity index (χ0v) is 11.6. The number of aliphatic carboxylic acids is 1. The third-order valence-corrected chi connectivity index (χ3v) is 2.99. The standard InChI is InChI=1S/C15H20O4/c1-10(2)11-7-8-12(14(9-11)19-3)13(16)5-4-6-15(17)18/h7-10H,4-6H2,1-3H3,(H,17,18). The Kier molecular flexibility index (Phi) is 5.55. The minimum atomic E-state index is -0.880. The van der Waals surface area contributed by atoms with Crippen LogP contribution in [0.4, 0.5) is 0 Å². The third-order valence-electron chi connectivity index (χ3n) is 2.99. The number of hydrogen-bond donors (Lipinski definition) is 1. The summed E-state index contributed by atoms with van der Waals surface area (Å²) in [5, 5.41) is 8.56. The molecule has 0 bridgehead atoms. The van der Waals surface area contributed by atoms with E-state index in [1.807, 2.05) is 12.1 Å². The van der Waals surface area contributed by atoms with Crippen LogP contribution in [-0.4, -0.2) is 24.0 Å². The molecule has 0 spiro atoms. The van der Waals surface area contributed by atoms with Gasteiger partial charge in [0.1, 0.15) is 5.75 Å². The van der Waals surface area contributed by atoms with Crippen molar-refractivity contribution in [3.63, 3.8) is 0 Å². The van der Waals surface area contributed by atoms with E-state index in [1.165, 1.54) is 7.11 Å². The van der Waals surface area contributed by atoms with Gasteiger partial charge in [-0.1, -0.05) is 19.9 Å². The van der Waals surface area contributed by atoms with E-state index in [9.17, 15) is 9.59 Å². The molecule has 0 atom stereocenters. The van der Waals surface area contributed by atoms with E-state index in [0.29, 0.717) is 23.7 Å². The number of Topliss-reactive ketones (excluding diaryl/α,β-unsaturated/α-hetero) is 1. The van der Waals surface area contributed by atoms with Gasteiger partial charge in [0.15, 0.2) is 5.78 Å². The predicted octanol–water partition coefficient (Wildman–Crippen LogP) is 3.26. The number of hydrogen-bond acceptors (Lipinski definition) is 3. The molecule has 0 aliphatic rings. The maximum atomic E-state index is 12.0. The number of carboxylic acids is 1. The van der Waals surface area contributed by atoms with Crippen LogP contribution in [0.5, 0.6) is 5.75 Å². The molecule has 0 fully saturated rings. The fourth-order valence-electron chi connectivity index (χ4n) is 1.83. The minimum Gasteiger partial charge on any atom is -0.496 e. The van der Waals surface area contributed by atoms with Crippen LogP contribution in [0.15, 0.2) is 18.2 Å². The number of carbonyl (C=O) groups is 2. The SMILES string of the molecule is COc1cc(C(C)C)ccc1C(=O)CCCC(=O)O. The van der Waals surface area contributed by atoms with Crippen molar-refractivity contribution < 1.29 is 19.4 Å². The zero-order chi connectivity index (χ0) is 14.4. The van der Waals surface area contributed by atoms with Crippen molar-refractivity contribution in [1.82, 2.24) is 0 Å². The normalized spacial score (nSPS) is 10.5. The van der Waals surface area contributed by atoms with Gasteiger partial charge in [-0.3, -0.25) is 9.59 Å². The molecule has 1 aromatic rings. The number of carboxylic acid groups (broad SMARTS) is 1. The molecule has 1 rings (SSSR count). The predicted molar refractivity (Wildman–Crippen MR) is 72.9 cm³/mol. The third kappa shape index (κ3) is 4.39. The van der Waals surface area contributed by atoms with E-state index in [-0.39, 0.29) is 18.6 Å². The van der Waals surface area contributed by atoms with E-state index < -0.39 is 5.97 Å². The summed E-state index contributed by atoms with van der Waals surface area (Å²) in [6.07, 6.45) is 0.588. The topological polar surface area (TPSA) is 63.6 Å². The molecule has 0 amide bonds. The smallest absolute Gasteiger partial charge is 0.303 e. The van der Waals surface area contributed by atoms with E-state index in [2.05, 4.69) is 13.8 Å². The van der Waals surface area contributed by atoms with Crippen molar-refractivity contribution >= 4 is 11.8 Å². The van der Waals surface area contributed by atoms with Crippen LogP contribution in [0.1, 0.15) is 54.9 Å². The molecule has 0 radical (unpaired) electrons. The molecule has 0 aliphatic heterocycles. The quantitative estimate of drug-likeness (QED) is 0.768. The highest BCUT2D eigenvalue weighted by Crippen LogP contribution is 2.26. The van der Waals surface area contributed by atoms with Gasteiger partial charge in [0, 0.05) is 12.8 Å². The Bertz CT molecular complexity index is 463. The largest absolute Gasteiger partial charge is 0.496 e. The molecular weight excluding hydrogens is 244 g/mol. The van der Waals surface area contributed by atoms with Crippen LogP contribution < -0.4 is 4.74 Å². The average molecular weight is 264 g/mol. The Labute approximate surface area is 113 Å². The van der Waals surface area contributed by atoms with Gasteiger partial charge in [0.2, 0.25) is 0 Å². The molecule has 1 aromatic carbocycles. The number of methoxy groups -OCH3 is 1. The van der Waals surface area contributed by atoms with Gasteiger partial charge < -0.3 is 9.84 Å². The summed E-state index contributed by atoms with van der Waals surface area (Å²) in [6.45, 7) is 4.15. The first-order valence-corrected chi connectivity index (χ1v) is 6.38. The Morgan fingerprint density at radius 3 is 2.47 bits per heavy atom. The van der Waals surface area contributed by atoms with Crippen molar-refractivity contribution in [2.75, 3.05) is 7.11 Å². The first-order chi connectivity index (χ1) is 8.95. The highest BCUT2D eigenvalue weighted by Gasteiger charge is 2.14. The molecule has 0 heterocycles. The fourth-order valence-corrected chi connectivity index (χ4v) is 1.83. The number of benzene rings is 1. The number of carbonyl (C=O) groups excluding carboxylic acids is 1. The van der Waals surface area contributed by atoms with Crippen molar-refractivity contribution in [3.05, 3.63) is 29.3 Å². The van der Waals surface area contributed by atoms with Crippen LogP contribution in [0.3, 0.4) is 0 Å². The summed E-state index contributed by atoms with van der Waals surface area (Å²) in [5.41, 5.74) is 1.64. The van der Waals surface area contributed by atoms with Crippen molar-refractivity contribution in [3.8, 4) is 5.75 Å². The highest BCUT2D eigenvalue weighted by molar-refractivity contribution is 5.98. The first kappa shape index (κ1) is 15.2. The van der Waals surface area contributed by atoms with E-state index in [4.69, 9.17) is 9.84 Å². The monoisotopic (exact) mass is 264 g/mol. The second kappa shape index (κ2) is 6.92. The van der Waals surface area contributed by atoms with Crippen LogP contribution in [0.2, 0.25) is 0 Å². The van der Waals surface area contributed by atoms with E-state index in [1.54, 1.807) is 6.07 Å². The Morgan fingerprint density at radius 1 is 1.26 bits per heavy atom. The maximum Gasteiger partial charge on any atom is 0.303 e. The summed E-state index contributed by atoms with van der Waals surface area (Å²) in [4.78, 5) is 22.4. The molecule has 4 heteroatoms. The van der Waals surface area contributed by atoms with Gasteiger partial charge in [0.25, 0.3) is 0 Å². The van der Waals surface area contributed by atoms with Crippen LogP contribution in [-0.2, 0) is 4.79 Å². The molecule has 0 saturated heterocycles. The molecule has 104 valence electrons. The van der Waals surface area contributed by atoms with Gasteiger partial charge in [-0.25, -0.2) is 0 Å². The molecular formula is C15H20O4. The molecule has 1 N–H and O–H groups in total. The fraction of sp³-hybridized carbons (Fsp3) is 0.467. The van der Waals surface area contributed by atoms with Gasteiger partial charge in [0.05, 0.1) is 12.7 Å². The number of ether oxygens (including phenoxy) is 1. The Balaban J connectivity index is 2.81. The lowest BCUT2D eigenvalue weighted by atomic mass is 9.98. The summed E-state index contributed by atoms with van der Waals surface area (Å²) < 4.78 is 5.25. The molecule has 0 unspecified atom stereocenters. The Morgan fingerprint density at radius 2 is 1.95 bits per heavy atom. The van der Waals surface area contributed by atoms with Gasteiger partial charge >= 0.3 is 5.97 Å². The summed E-state index contributed by atoms with van der Waals surface area (Å²) in [6, 6.07) is 5.55. The summed E-state index contributed by atoms with van der Waals surface area (Å²) in [7, 11) is 1.54. The molecule has 0 aromatic heterocycles. The van der Waals surface area contributed by atoms with Crippen molar-refractivity contribution in [2.24, 2.45) is 0 Å². The summed E-state index contributed by atoms with van der Waals surface area (Å²) in [5.74, 6) is -0.0279. The lowest BCUT2D eigenvalue weighted by molar-refractivity contribution is -0.137. The maximum absolute atomic E-state index is 12.0. The second-order valence-corrected chi connectivity index (χ2v) is 4.78. The van der Waals surface area contributed by atoms with Gasteiger partial charge in [-0.05, 0) is 30.0 Å². The molecule has 0 saturated carbocycles. The van der Waals surface area contributed by atoms with Gasteiger partial charge in [-0.15, -0.1) is 0 Å². The average Bonchev–Trinajstić information content (AvgIpc) is 2.37. The lowest BCUT2D eigenvalue weighted by Crippen LogP contribution is -2.05. The highest BCUT2D eigenvalue weighted by atomic mass is 16.5. The van der Waals surface area contributed by atoms with Crippen LogP contribution in [0, 0.1) is 0 Å². The van der Waals surface area contributed by atoms with E-state index >= 15 is 0 Å². The first-order valence-electron chi connectivity index (χ1n) is 6.38. The van der Waals surface area contributed by atoms with Crippen molar-refractivity contribution in [2.45, 2.75) is 39.0 Å². The number of rotatable bonds is 7. The Hall–Kier alpha value is -1.84. The zero-order valence-electron chi connectivity index (χ0n) is 11.6. The van der Waals surface area contributed by atoms with Gasteiger partial charge in [-0.2, -0.15) is 0 Å². The van der Waals surface area contributed by atoms with Crippen molar-refractivity contribution in [1.29, 1.82) is 0 Å². The number of ketones is 1. The van der Waals surface area contributed by atoms with Crippen LogP contribution in [0.25, 0.3) is 0 Å². The second-order valence-electron chi connectivity index (χ2n) is 4.78. The molecule has 4 nitrogen and oxygen atoms in total. The van der Waals surface area contributed by atoms with Crippen LogP contribution >= 0.6 is 0 Å². The minimum absolute atomic E-state index is 0.0120. The lowest BCUT2D eigenvalue weighted by Gasteiger charge is -2.11.